The van der Waals surface area contributed by atoms with Gasteiger partial charge in [-0.05, 0) is 55.3 Å². The largest absolute Gasteiger partial charge is 0.396 e. The molecule has 5 atom stereocenters. The maximum atomic E-state index is 10.7. The first-order chi connectivity index (χ1) is 8.66. The molecule has 0 saturated heterocycles. The minimum atomic E-state index is -1.08. The van der Waals surface area contributed by atoms with Gasteiger partial charge in [-0.25, -0.2) is 0 Å². The number of fused-ring (bicyclic) bond motifs is 1. The van der Waals surface area contributed by atoms with E-state index in [0.717, 1.165) is 6.42 Å². The van der Waals surface area contributed by atoms with Crippen LogP contribution in [0.4, 0.5) is 0 Å². The zero-order chi connectivity index (χ0) is 14.5. The second-order valence-electron chi connectivity index (χ2n) is 7.94. The molecule has 0 aromatic heterocycles. The molecule has 0 unspecified atom stereocenters. The van der Waals surface area contributed by atoms with Crippen molar-refractivity contribution in [2.45, 2.75) is 71.5 Å². The second-order valence-corrected chi connectivity index (χ2v) is 7.94. The van der Waals surface area contributed by atoms with Gasteiger partial charge in [0.1, 0.15) is 0 Å². The number of rotatable bonds is 2. The van der Waals surface area contributed by atoms with Gasteiger partial charge in [-0.1, -0.05) is 27.2 Å². The van der Waals surface area contributed by atoms with E-state index in [1.165, 1.54) is 12.8 Å². The van der Waals surface area contributed by atoms with E-state index >= 15 is 0 Å². The number of hydrogen-bond acceptors (Lipinski definition) is 3. The highest BCUT2D eigenvalue weighted by atomic mass is 16.3. The number of hydrogen-bond donors (Lipinski definition) is 3. The van der Waals surface area contributed by atoms with E-state index in [1.807, 2.05) is 0 Å². The number of aliphatic hydroxyl groups excluding tert-OH is 2. The molecule has 2 aliphatic rings. The Hall–Kier alpha value is -0.120. The van der Waals surface area contributed by atoms with Crippen LogP contribution in [0.15, 0.2) is 0 Å². The summed E-state index contributed by atoms with van der Waals surface area (Å²) in [7, 11) is 0. The molecule has 0 amide bonds. The van der Waals surface area contributed by atoms with Crippen LogP contribution < -0.4 is 0 Å². The van der Waals surface area contributed by atoms with Crippen molar-refractivity contribution < 1.29 is 15.3 Å². The third kappa shape index (κ3) is 2.24. The molecule has 0 radical (unpaired) electrons. The lowest BCUT2D eigenvalue weighted by Crippen LogP contribution is -2.63. The van der Waals surface area contributed by atoms with Gasteiger partial charge in [0.05, 0.1) is 11.7 Å². The minimum absolute atomic E-state index is 0.0210. The van der Waals surface area contributed by atoms with Crippen molar-refractivity contribution in [1.29, 1.82) is 0 Å². The van der Waals surface area contributed by atoms with Gasteiger partial charge in [-0.2, -0.15) is 0 Å². The molecule has 0 spiro atoms. The Balaban J connectivity index is 2.42. The van der Waals surface area contributed by atoms with Crippen LogP contribution in [0.5, 0.6) is 0 Å². The van der Waals surface area contributed by atoms with Gasteiger partial charge < -0.3 is 15.3 Å². The highest BCUT2D eigenvalue weighted by molar-refractivity contribution is 5.10. The summed E-state index contributed by atoms with van der Waals surface area (Å²) in [5.74, 6) is 0.388. The Labute approximate surface area is 117 Å². The lowest BCUT2D eigenvalue weighted by atomic mass is 9.44. The summed E-state index contributed by atoms with van der Waals surface area (Å²) < 4.78 is 0. The van der Waals surface area contributed by atoms with Crippen molar-refractivity contribution in [3.8, 4) is 0 Å². The third-order valence-corrected chi connectivity index (χ3v) is 6.33. The molecule has 2 saturated carbocycles. The Morgan fingerprint density at radius 3 is 2.32 bits per heavy atom. The van der Waals surface area contributed by atoms with Gasteiger partial charge >= 0.3 is 0 Å². The zero-order valence-corrected chi connectivity index (χ0v) is 12.8. The van der Waals surface area contributed by atoms with Gasteiger partial charge in [0.2, 0.25) is 0 Å². The normalized spacial score (nSPS) is 49.7. The summed E-state index contributed by atoms with van der Waals surface area (Å²) in [6.07, 6.45) is 4.03. The maximum absolute atomic E-state index is 10.7. The summed E-state index contributed by atoms with van der Waals surface area (Å²) in [6, 6.07) is 0. The average molecular weight is 270 g/mol. The summed E-state index contributed by atoms with van der Waals surface area (Å²) in [6.45, 7) is 8.67. The molecular formula is C16H30O3. The summed E-state index contributed by atoms with van der Waals surface area (Å²) >= 11 is 0. The predicted molar refractivity (Wildman–Crippen MR) is 75.7 cm³/mol. The molecule has 112 valence electrons. The topological polar surface area (TPSA) is 60.7 Å². The molecule has 0 aromatic rings. The first-order valence-electron chi connectivity index (χ1n) is 7.67. The quantitative estimate of drug-likeness (QED) is 0.722. The Morgan fingerprint density at radius 1 is 1.11 bits per heavy atom. The van der Waals surface area contributed by atoms with Crippen LogP contribution in [-0.4, -0.2) is 33.6 Å². The molecule has 2 aliphatic carbocycles. The molecular weight excluding hydrogens is 240 g/mol. The fourth-order valence-electron chi connectivity index (χ4n) is 5.28. The molecule has 2 fully saturated rings. The van der Waals surface area contributed by atoms with Crippen molar-refractivity contribution in [3.05, 3.63) is 0 Å². The Bertz CT molecular complexity index is 337. The van der Waals surface area contributed by atoms with Gasteiger partial charge in [-0.3, -0.25) is 0 Å². The predicted octanol–water partition coefficient (Wildman–Crippen LogP) is 2.33. The van der Waals surface area contributed by atoms with E-state index in [4.69, 9.17) is 0 Å². The summed E-state index contributed by atoms with van der Waals surface area (Å²) in [5, 5.41) is 30.5. The lowest BCUT2D eigenvalue weighted by Gasteiger charge is -2.62. The second kappa shape index (κ2) is 4.71. The van der Waals surface area contributed by atoms with Crippen molar-refractivity contribution in [2.24, 2.45) is 22.7 Å². The van der Waals surface area contributed by atoms with E-state index in [9.17, 15) is 15.3 Å². The maximum Gasteiger partial charge on any atom is 0.0911 e. The fourth-order valence-corrected chi connectivity index (χ4v) is 5.28. The van der Waals surface area contributed by atoms with Crippen LogP contribution in [0.2, 0.25) is 0 Å². The minimum Gasteiger partial charge on any atom is -0.396 e. The van der Waals surface area contributed by atoms with Crippen molar-refractivity contribution in [3.63, 3.8) is 0 Å². The fraction of sp³-hybridized carbons (Fsp3) is 1.00. The van der Waals surface area contributed by atoms with Crippen LogP contribution in [0, 0.1) is 22.7 Å². The van der Waals surface area contributed by atoms with E-state index < -0.39 is 11.7 Å². The molecule has 0 aromatic carbocycles. The Kier molecular flexibility index (Phi) is 3.79. The van der Waals surface area contributed by atoms with Crippen LogP contribution in [0.3, 0.4) is 0 Å². The highest BCUT2D eigenvalue weighted by Crippen LogP contribution is 2.62. The van der Waals surface area contributed by atoms with Crippen LogP contribution in [0.1, 0.15) is 59.8 Å². The lowest BCUT2D eigenvalue weighted by molar-refractivity contribution is -0.222. The smallest absolute Gasteiger partial charge is 0.0911 e. The molecule has 2 rings (SSSR count). The first kappa shape index (κ1) is 15.3. The summed E-state index contributed by atoms with van der Waals surface area (Å²) in [5.41, 5.74) is -0.854. The molecule has 0 bridgehead atoms. The molecule has 0 aliphatic heterocycles. The van der Waals surface area contributed by atoms with Crippen LogP contribution in [-0.2, 0) is 0 Å². The van der Waals surface area contributed by atoms with Gasteiger partial charge in [0.15, 0.2) is 0 Å². The molecule has 3 N–H and O–H groups in total. The average Bonchev–Trinajstić information content (AvgIpc) is 2.28. The molecule has 3 nitrogen and oxygen atoms in total. The molecule has 19 heavy (non-hydrogen) atoms. The van der Waals surface area contributed by atoms with Crippen LogP contribution >= 0.6 is 0 Å². The van der Waals surface area contributed by atoms with Crippen molar-refractivity contribution >= 4 is 0 Å². The molecule has 0 heterocycles. The number of aliphatic hydroxyl groups is 3. The van der Waals surface area contributed by atoms with Gasteiger partial charge in [0, 0.05) is 6.61 Å². The van der Waals surface area contributed by atoms with E-state index in [1.54, 1.807) is 6.92 Å². The van der Waals surface area contributed by atoms with Crippen LogP contribution in [0.25, 0.3) is 0 Å². The molecule has 3 heteroatoms. The van der Waals surface area contributed by atoms with Gasteiger partial charge in [0.25, 0.3) is 0 Å². The monoisotopic (exact) mass is 270 g/mol. The third-order valence-electron chi connectivity index (χ3n) is 6.33. The van der Waals surface area contributed by atoms with Crippen molar-refractivity contribution in [1.82, 2.24) is 0 Å². The first-order valence-corrected chi connectivity index (χ1v) is 7.67. The SMILES string of the molecule is CC1(C)CCC[C@@]2(C)[C@H]1C[C@@H](O)[C@@](C)(O)[C@@H]2CCO. The van der Waals surface area contributed by atoms with E-state index in [0.29, 0.717) is 18.8 Å². The standard InChI is InChI=1S/C16H30O3/c1-14(2)7-5-8-15(3)11(6-9-17)16(4,19)13(18)10-12(14)15/h11-13,17-19H,5-10H2,1-4H3/t11-,12+,13-,15-,16+/m1/s1. The Morgan fingerprint density at radius 2 is 1.74 bits per heavy atom. The van der Waals surface area contributed by atoms with E-state index in [-0.39, 0.29) is 23.4 Å². The van der Waals surface area contributed by atoms with Crippen molar-refractivity contribution in [2.75, 3.05) is 6.61 Å². The zero-order valence-electron chi connectivity index (χ0n) is 12.8. The van der Waals surface area contributed by atoms with E-state index in [2.05, 4.69) is 20.8 Å². The highest BCUT2D eigenvalue weighted by Gasteiger charge is 2.60. The summed E-state index contributed by atoms with van der Waals surface area (Å²) in [4.78, 5) is 0. The van der Waals surface area contributed by atoms with Gasteiger partial charge in [-0.15, -0.1) is 0 Å².